The van der Waals surface area contributed by atoms with Gasteiger partial charge in [-0.25, -0.2) is 4.98 Å². The first-order valence-corrected chi connectivity index (χ1v) is 11.2. The zero-order chi connectivity index (χ0) is 22.1. The lowest BCUT2D eigenvalue weighted by atomic mass is 10.1. The van der Waals surface area contributed by atoms with Crippen LogP contribution < -0.4 is 0 Å². The van der Waals surface area contributed by atoms with E-state index >= 15 is 0 Å². The number of furan rings is 1. The molecule has 0 spiro atoms. The number of ketones is 2. The van der Waals surface area contributed by atoms with Gasteiger partial charge >= 0.3 is 0 Å². The molecule has 32 heavy (non-hydrogen) atoms. The average molecular weight is 479 g/mol. The van der Waals surface area contributed by atoms with Crippen LogP contribution in [0.25, 0.3) is 39.0 Å². The fourth-order valence-corrected chi connectivity index (χ4v) is 5.30. The quantitative estimate of drug-likeness (QED) is 0.206. The first kappa shape index (κ1) is 19.5. The Labute approximate surface area is 195 Å². The zero-order valence-electron chi connectivity index (χ0n) is 16.5. The average Bonchev–Trinajstić information content (AvgIpc) is 3.50. The molecular formula is C24H12Cl2N2O3S. The van der Waals surface area contributed by atoms with Crippen LogP contribution in [0.3, 0.4) is 0 Å². The van der Waals surface area contributed by atoms with Crippen molar-refractivity contribution >= 4 is 73.5 Å². The fourth-order valence-electron chi connectivity index (χ4n) is 3.97. The Morgan fingerprint density at radius 1 is 1.00 bits per heavy atom. The van der Waals surface area contributed by atoms with Gasteiger partial charge in [-0.2, -0.15) is 0 Å². The summed E-state index contributed by atoms with van der Waals surface area (Å²) in [6.45, 7) is 0. The molecule has 0 N–H and O–H groups in total. The number of hydrogen-bond acceptors (Lipinski definition) is 5. The number of aromatic nitrogens is 2. The molecule has 0 bridgehead atoms. The summed E-state index contributed by atoms with van der Waals surface area (Å²) in [4.78, 5) is 31.9. The molecule has 8 heteroatoms. The Morgan fingerprint density at radius 2 is 1.69 bits per heavy atom. The Balaban J connectivity index is 1.40. The highest BCUT2D eigenvalue weighted by Gasteiger charge is 2.34. The summed E-state index contributed by atoms with van der Waals surface area (Å²) in [5, 5.41) is 1.51. The monoisotopic (exact) mass is 478 g/mol. The molecule has 6 rings (SSSR count). The highest BCUT2D eigenvalue weighted by atomic mass is 35.5. The lowest BCUT2D eigenvalue weighted by molar-refractivity contribution is 0.0990. The highest BCUT2D eigenvalue weighted by Crippen LogP contribution is 2.37. The maximum atomic E-state index is 12.8. The standard InChI is InChI=1S/C24H12Cl2N2O3S/c1-28-18-8-12(7-15-21(29)13-9-16(25)17(26)10-14(13)22(15)30)32-24(18)27-23(28)20-6-11-4-2-3-5-19(11)31-20/h2-10H,1H3. The van der Waals surface area contributed by atoms with Crippen molar-refractivity contribution in [1.82, 2.24) is 9.55 Å². The van der Waals surface area contributed by atoms with Crippen molar-refractivity contribution in [2.75, 3.05) is 0 Å². The molecule has 2 aromatic carbocycles. The number of aryl methyl sites for hydroxylation is 1. The van der Waals surface area contributed by atoms with E-state index in [1.165, 1.54) is 23.5 Å². The maximum Gasteiger partial charge on any atom is 0.197 e. The van der Waals surface area contributed by atoms with Crippen molar-refractivity contribution < 1.29 is 14.0 Å². The number of allylic oxidation sites excluding steroid dienone is 1. The van der Waals surface area contributed by atoms with Crippen LogP contribution in [0.1, 0.15) is 25.6 Å². The van der Waals surface area contributed by atoms with Crippen LogP contribution >= 0.6 is 34.5 Å². The summed E-state index contributed by atoms with van der Waals surface area (Å²) in [5.74, 6) is 0.697. The lowest BCUT2D eigenvalue weighted by Crippen LogP contribution is -1.99. The van der Waals surface area contributed by atoms with Gasteiger partial charge in [-0.3, -0.25) is 9.59 Å². The summed E-state index contributed by atoms with van der Waals surface area (Å²) in [6, 6.07) is 14.6. The molecule has 156 valence electrons. The van der Waals surface area contributed by atoms with E-state index < -0.39 is 0 Å². The Hall–Kier alpha value is -3.19. The van der Waals surface area contributed by atoms with E-state index in [2.05, 4.69) is 0 Å². The summed E-state index contributed by atoms with van der Waals surface area (Å²) >= 11 is 13.5. The summed E-state index contributed by atoms with van der Waals surface area (Å²) in [5.41, 5.74) is 2.35. The Bertz CT molecular complexity index is 1580. The van der Waals surface area contributed by atoms with Gasteiger partial charge in [0.05, 0.1) is 21.1 Å². The van der Waals surface area contributed by atoms with Crippen LogP contribution in [0.15, 0.2) is 58.5 Å². The van der Waals surface area contributed by atoms with Gasteiger partial charge < -0.3 is 8.98 Å². The van der Waals surface area contributed by atoms with Gasteiger partial charge in [-0.15, -0.1) is 11.3 Å². The van der Waals surface area contributed by atoms with Crippen molar-refractivity contribution in [2.45, 2.75) is 0 Å². The van der Waals surface area contributed by atoms with Gasteiger partial charge in [0, 0.05) is 28.4 Å². The number of thiophene rings is 1. The fraction of sp³-hybridized carbons (Fsp3) is 0.0417. The van der Waals surface area contributed by atoms with E-state index in [1.807, 2.05) is 48.0 Å². The molecule has 0 unspecified atom stereocenters. The van der Waals surface area contributed by atoms with Crippen LogP contribution in [0.2, 0.25) is 10.0 Å². The second kappa shape index (κ2) is 6.90. The third-order valence-corrected chi connectivity index (χ3v) is 7.26. The number of nitrogens with zero attached hydrogens (tertiary/aromatic N) is 2. The van der Waals surface area contributed by atoms with Crippen LogP contribution in [0, 0.1) is 0 Å². The van der Waals surface area contributed by atoms with Crippen LogP contribution in [-0.4, -0.2) is 21.1 Å². The number of rotatable bonds is 2. The molecule has 0 atom stereocenters. The van der Waals surface area contributed by atoms with E-state index in [9.17, 15) is 9.59 Å². The molecule has 0 saturated heterocycles. The maximum absolute atomic E-state index is 12.8. The first-order valence-electron chi connectivity index (χ1n) is 9.66. The number of fused-ring (bicyclic) bond motifs is 3. The largest absolute Gasteiger partial charge is 0.453 e. The Kier molecular flexibility index (Phi) is 4.21. The van der Waals surface area contributed by atoms with Crippen LogP contribution in [0.4, 0.5) is 0 Å². The summed E-state index contributed by atoms with van der Waals surface area (Å²) < 4.78 is 7.90. The molecule has 3 aromatic heterocycles. The molecule has 0 radical (unpaired) electrons. The molecule has 5 aromatic rings. The Morgan fingerprint density at radius 3 is 2.34 bits per heavy atom. The normalized spacial score (nSPS) is 13.5. The second-order valence-corrected chi connectivity index (χ2v) is 9.39. The summed E-state index contributed by atoms with van der Waals surface area (Å²) in [6.07, 6.45) is 1.61. The number of Topliss-reactive ketones (excluding diaryl/α,β-unsaturated/α-hetero) is 2. The molecule has 3 heterocycles. The number of halogens is 2. The minimum atomic E-state index is -0.350. The molecule has 0 saturated carbocycles. The van der Waals surface area contributed by atoms with Gasteiger partial charge in [-0.05, 0) is 36.4 Å². The summed E-state index contributed by atoms with van der Waals surface area (Å²) in [7, 11) is 1.91. The van der Waals surface area contributed by atoms with Gasteiger partial charge in [0.1, 0.15) is 10.4 Å². The van der Waals surface area contributed by atoms with Crippen molar-refractivity contribution in [2.24, 2.45) is 7.05 Å². The van der Waals surface area contributed by atoms with Crippen molar-refractivity contribution in [3.63, 3.8) is 0 Å². The molecule has 1 aliphatic carbocycles. The van der Waals surface area contributed by atoms with Gasteiger partial charge in [0.2, 0.25) is 0 Å². The van der Waals surface area contributed by atoms with E-state index in [-0.39, 0.29) is 38.3 Å². The van der Waals surface area contributed by atoms with E-state index in [4.69, 9.17) is 32.6 Å². The predicted molar refractivity (Wildman–Crippen MR) is 127 cm³/mol. The van der Waals surface area contributed by atoms with Crippen molar-refractivity contribution in [3.8, 4) is 11.6 Å². The predicted octanol–water partition coefficient (Wildman–Crippen LogP) is 6.82. The second-order valence-electron chi connectivity index (χ2n) is 7.51. The highest BCUT2D eigenvalue weighted by molar-refractivity contribution is 7.19. The molecule has 0 fully saturated rings. The van der Waals surface area contributed by atoms with Crippen LogP contribution in [0.5, 0.6) is 0 Å². The van der Waals surface area contributed by atoms with E-state index in [0.29, 0.717) is 11.6 Å². The molecule has 1 aliphatic rings. The first-order chi connectivity index (χ1) is 15.4. The van der Waals surface area contributed by atoms with E-state index in [1.54, 1.807) is 6.08 Å². The number of hydrogen-bond donors (Lipinski definition) is 0. The number of carbonyl (C=O) groups is 2. The van der Waals surface area contributed by atoms with E-state index in [0.717, 1.165) is 26.2 Å². The van der Waals surface area contributed by atoms with Gasteiger partial charge in [0.25, 0.3) is 0 Å². The topological polar surface area (TPSA) is 65.1 Å². The lowest BCUT2D eigenvalue weighted by Gasteiger charge is -1.98. The van der Waals surface area contributed by atoms with Crippen LogP contribution in [-0.2, 0) is 7.05 Å². The molecule has 5 nitrogen and oxygen atoms in total. The van der Waals surface area contributed by atoms with Gasteiger partial charge in [-0.1, -0.05) is 41.4 Å². The number of benzene rings is 2. The SMILES string of the molecule is Cn1c(-c2cc3ccccc3o2)nc2sc(C=C3C(=O)c4cc(Cl)c(Cl)cc4C3=O)cc21. The minimum absolute atomic E-state index is 0.0994. The van der Waals surface area contributed by atoms with Crippen molar-refractivity contribution in [1.29, 1.82) is 0 Å². The zero-order valence-corrected chi connectivity index (χ0v) is 18.8. The van der Waals surface area contributed by atoms with Crippen molar-refractivity contribution in [3.05, 3.63) is 80.2 Å². The third-order valence-electron chi connectivity index (χ3n) is 5.57. The molecular weight excluding hydrogens is 467 g/mol. The molecule has 0 amide bonds. The van der Waals surface area contributed by atoms with Gasteiger partial charge in [0.15, 0.2) is 23.2 Å². The number of carbonyl (C=O) groups excluding carboxylic acids is 2. The number of imidazole rings is 1. The minimum Gasteiger partial charge on any atom is -0.453 e. The smallest absolute Gasteiger partial charge is 0.197 e. The third kappa shape index (κ3) is 2.80. The molecule has 0 aliphatic heterocycles. The number of para-hydroxylation sites is 1.